The summed E-state index contributed by atoms with van der Waals surface area (Å²) in [6, 6.07) is -0.583. The van der Waals surface area contributed by atoms with Gasteiger partial charge >= 0.3 is 5.97 Å². The molecule has 3 N–H and O–H groups in total. The van der Waals surface area contributed by atoms with Crippen molar-refractivity contribution in [1.29, 1.82) is 0 Å². The minimum absolute atomic E-state index is 0.0347. The molecule has 0 rings (SSSR count). The van der Waals surface area contributed by atoms with Gasteiger partial charge in [0.1, 0.15) is 6.04 Å². The molecule has 0 saturated heterocycles. The average molecular weight is 146 g/mol. The Morgan fingerprint density at radius 2 is 2.00 bits per heavy atom. The minimum atomic E-state index is -0.875. The normalized spacial score (nSPS) is 14.2. The van der Waals surface area contributed by atoms with Gasteiger partial charge in [0.25, 0.3) is 0 Å². The fourth-order valence-electron chi connectivity index (χ4n) is 0.930. The molecule has 10 heavy (non-hydrogen) atoms. The Kier molecular flexibility index (Phi) is 3.32. The van der Waals surface area contributed by atoms with Crippen molar-refractivity contribution < 1.29 is 9.90 Å². The molecule has 0 aromatic carbocycles. The lowest BCUT2D eigenvalue weighted by Gasteiger charge is -2.22. The van der Waals surface area contributed by atoms with Crippen molar-refractivity contribution in [3.8, 4) is 0 Å². The van der Waals surface area contributed by atoms with Gasteiger partial charge in [-0.25, -0.2) is 5.01 Å². The van der Waals surface area contributed by atoms with Gasteiger partial charge in [-0.2, -0.15) is 0 Å². The Hall–Kier alpha value is -0.610. The number of hydrazine groups is 1. The first-order valence-corrected chi connectivity index (χ1v) is 3.17. The highest BCUT2D eigenvalue weighted by Crippen LogP contribution is 2.05. The van der Waals surface area contributed by atoms with Gasteiger partial charge in [0, 0.05) is 7.05 Å². The first kappa shape index (κ1) is 9.39. The van der Waals surface area contributed by atoms with Crippen molar-refractivity contribution in [3.63, 3.8) is 0 Å². The van der Waals surface area contributed by atoms with Gasteiger partial charge in [-0.1, -0.05) is 13.8 Å². The summed E-state index contributed by atoms with van der Waals surface area (Å²) in [5, 5.41) is 9.81. The van der Waals surface area contributed by atoms with Crippen LogP contribution in [0.25, 0.3) is 0 Å². The van der Waals surface area contributed by atoms with E-state index in [4.69, 9.17) is 10.9 Å². The Labute approximate surface area is 60.6 Å². The molecule has 4 heteroatoms. The summed E-state index contributed by atoms with van der Waals surface area (Å²) in [4.78, 5) is 10.5. The van der Waals surface area contributed by atoms with Crippen molar-refractivity contribution in [3.05, 3.63) is 0 Å². The number of carboxylic acids is 1. The van der Waals surface area contributed by atoms with Crippen LogP contribution in [0.5, 0.6) is 0 Å². The van der Waals surface area contributed by atoms with Gasteiger partial charge in [-0.3, -0.25) is 10.6 Å². The van der Waals surface area contributed by atoms with E-state index in [2.05, 4.69) is 0 Å². The third-order valence-corrected chi connectivity index (χ3v) is 1.32. The molecular weight excluding hydrogens is 132 g/mol. The number of carbonyl (C=O) groups is 1. The standard InChI is InChI=1S/C6H14N2O2/c1-4(2)5(6(9)10)8(3)7/h4-5H,7H2,1-3H3,(H,9,10)/t5-/m1/s1. The molecule has 0 fully saturated rings. The second-order valence-corrected chi connectivity index (χ2v) is 2.69. The molecule has 0 saturated carbocycles. The molecule has 0 heterocycles. The molecule has 0 spiro atoms. The first-order valence-electron chi connectivity index (χ1n) is 3.17. The van der Waals surface area contributed by atoms with Crippen LogP contribution in [0.1, 0.15) is 13.8 Å². The van der Waals surface area contributed by atoms with E-state index < -0.39 is 12.0 Å². The molecule has 0 bridgehead atoms. The third kappa shape index (κ3) is 2.33. The predicted octanol–water partition coefficient (Wildman–Crippen LogP) is -0.0989. The zero-order chi connectivity index (χ0) is 8.31. The van der Waals surface area contributed by atoms with Crippen LogP contribution in [0.15, 0.2) is 0 Å². The summed E-state index contributed by atoms with van der Waals surface area (Å²) in [5.74, 6) is 4.45. The lowest BCUT2D eigenvalue weighted by atomic mass is 10.1. The SMILES string of the molecule is CC(C)[C@H](C(=O)O)N(C)N. The van der Waals surface area contributed by atoms with Crippen LogP contribution in [-0.2, 0) is 4.79 Å². The van der Waals surface area contributed by atoms with Crippen LogP contribution >= 0.6 is 0 Å². The summed E-state index contributed by atoms with van der Waals surface area (Å²) in [6.45, 7) is 3.64. The number of nitrogens with zero attached hydrogens (tertiary/aromatic N) is 1. The van der Waals surface area contributed by atoms with E-state index >= 15 is 0 Å². The van der Waals surface area contributed by atoms with Crippen molar-refractivity contribution in [1.82, 2.24) is 5.01 Å². The van der Waals surface area contributed by atoms with Gasteiger partial charge in [0.2, 0.25) is 0 Å². The highest BCUT2D eigenvalue weighted by Gasteiger charge is 2.23. The topological polar surface area (TPSA) is 66.6 Å². The molecule has 0 amide bonds. The largest absolute Gasteiger partial charge is 0.480 e. The van der Waals surface area contributed by atoms with E-state index in [0.29, 0.717) is 0 Å². The Balaban J connectivity index is 4.12. The van der Waals surface area contributed by atoms with Crippen LogP contribution in [0.2, 0.25) is 0 Å². The average Bonchev–Trinajstić information content (AvgIpc) is 1.59. The maximum absolute atomic E-state index is 10.5. The highest BCUT2D eigenvalue weighted by atomic mass is 16.4. The van der Waals surface area contributed by atoms with Crippen molar-refractivity contribution >= 4 is 5.97 Å². The zero-order valence-electron chi connectivity index (χ0n) is 6.53. The van der Waals surface area contributed by atoms with Crippen LogP contribution < -0.4 is 5.84 Å². The molecule has 0 aliphatic carbocycles. The maximum Gasteiger partial charge on any atom is 0.322 e. The molecule has 4 nitrogen and oxygen atoms in total. The Morgan fingerprint density at radius 1 is 1.60 bits per heavy atom. The predicted molar refractivity (Wildman–Crippen MR) is 38.2 cm³/mol. The fraction of sp³-hybridized carbons (Fsp3) is 0.833. The minimum Gasteiger partial charge on any atom is -0.480 e. The molecule has 0 aromatic heterocycles. The van der Waals surface area contributed by atoms with Crippen molar-refractivity contribution in [2.75, 3.05) is 7.05 Å². The van der Waals surface area contributed by atoms with E-state index in [1.54, 1.807) is 7.05 Å². The Bertz CT molecular complexity index is 115. The lowest BCUT2D eigenvalue weighted by Crippen LogP contribution is -2.46. The summed E-state index contributed by atoms with van der Waals surface area (Å²) in [7, 11) is 1.55. The quantitative estimate of drug-likeness (QED) is 0.431. The van der Waals surface area contributed by atoms with Crippen LogP contribution in [0.3, 0.4) is 0 Å². The number of aliphatic carboxylic acids is 1. The highest BCUT2D eigenvalue weighted by molar-refractivity contribution is 5.73. The Morgan fingerprint density at radius 3 is 2.00 bits per heavy atom. The molecular formula is C6H14N2O2. The number of carboxylic acid groups (broad SMARTS) is 1. The molecule has 0 aliphatic rings. The van der Waals surface area contributed by atoms with Gasteiger partial charge < -0.3 is 5.11 Å². The molecule has 0 aliphatic heterocycles. The molecule has 60 valence electrons. The smallest absolute Gasteiger partial charge is 0.322 e. The van der Waals surface area contributed by atoms with Crippen LogP contribution in [0.4, 0.5) is 0 Å². The van der Waals surface area contributed by atoms with E-state index in [0.717, 1.165) is 0 Å². The molecule has 1 atom stereocenters. The maximum atomic E-state index is 10.5. The van der Waals surface area contributed by atoms with E-state index in [1.165, 1.54) is 5.01 Å². The third-order valence-electron chi connectivity index (χ3n) is 1.32. The van der Waals surface area contributed by atoms with Crippen molar-refractivity contribution in [2.24, 2.45) is 11.8 Å². The molecule has 0 aromatic rings. The summed E-state index contributed by atoms with van der Waals surface area (Å²) in [5.41, 5.74) is 0. The first-order chi connectivity index (χ1) is 4.46. The summed E-state index contributed by atoms with van der Waals surface area (Å²) < 4.78 is 0. The molecule has 0 unspecified atom stereocenters. The molecule has 0 radical (unpaired) electrons. The number of hydrogen-bond acceptors (Lipinski definition) is 3. The second-order valence-electron chi connectivity index (χ2n) is 2.69. The van der Waals surface area contributed by atoms with Crippen LogP contribution in [-0.4, -0.2) is 29.2 Å². The number of hydrogen-bond donors (Lipinski definition) is 2. The van der Waals surface area contributed by atoms with Gasteiger partial charge in [0.15, 0.2) is 0 Å². The number of likely N-dealkylation sites (N-methyl/N-ethyl adjacent to an activating group) is 1. The summed E-state index contributed by atoms with van der Waals surface area (Å²) >= 11 is 0. The van der Waals surface area contributed by atoms with Gasteiger partial charge in [-0.15, -0.1) is 0 Å². The summed E-state index contributed by atoms with van der Waals surface area (Å²) in [6.07, 6.45) is 0. The fourth-order valence-corrected chi connectivity index (χ4v) is 0.930. The van der Waals surface area contributed by atoms with Gasteiger partial charge in [-0.05, 0) is 5.92 Å². The van der Waals surface area contributed by atoms with E-state index in [9.17, 15) is 4.79 Å². The second kappa shape index (κ2) is 3.53. The van der Waals surface area contributed by atoms with Crippen molar-refractivity contribution in [2.45, 2.75) is 19.9 Å². The number of nitrogens with two attached hydrogens (primary N) is 1. The van der Waals surface area contributed by atoms with E-state index in [-0.39, 0.29) is 5.92 Å². The monoisotopic (exact) mass is 146 g/mol. The zero-order valence-corrected chi connectivity index (χ0v) is 6.53. The lowest BCUT2D eigenvalue weighted by molar-refractivity contribution is -0.144. The van der Waals surface area contributed by atoms with E-state index in [1.807, 2.05) is 13.8 Å². The van der Waals surface area contributed by atoms with Gasteiger partial charge in [0.05, 0.1) is 0 Å². The van der Waals surface area contributed by atoms with Crippen LogP contribution in [0, 0.1) is 5.92 Å². The number of rotatable bonds is 3.